The van der Waals surface area contributed by atoms with Crippen molar-refractivity contribution in [2.75, 3.05) is 6.54 Å². The Morgan fingerprint density at radius 3 is 2.40 bits per heavy atom. The molecule has 0 radical (unpaired) electrons. The van der Waals surface area contributed by atoms with E-state index < -0.39 is 28.6 Å². The highest BCUT2D eigenvalue weighted by molar-refractivity contribution is 7.89. The summed E-state index contributed by atoms with van der Waals surface area (Å²) in [7, 11) is -3.94. The van der Waals surface area contributed by atoms with Gasteiger partial charge >= 0.3 is 5.97 Å². The SMILES string of the molecule is CCC(C)N(CC(=O)O)S(=O)(=O)c1ccc(Cl)c(Cl)c1. The first kappa shape index (κ1) is 17.2. The molecule has 1 aromatic rings. The maximum Gasteiger partial charge on any atom is 0.318 e. The molecule has 1 N–H and O–H groups in total. The van der Waals surface area contributed by atoms with Gasteiger partial charge in [-0.2, -0.15) is 4.31 Å². The predicted octanol–water partition coefficient (Wildman–Crippen LogP) is 2.87. The van der Waals surface area contributed by atoms with Crippen molar-refractivity contribution in [1.29, 1.82) is 0 Å². The minimum atomic E-state index is -3.94. The molecule has 0 aliphatic heterocycles. The number of carboxylic acid groups (broad SMARTS) is 1. The summed E-state index contributed by atoms with van der Waals surface area (Å²) in [5, 5.41) is 9.22. The van der Waals surface area contributed by atoms with E-state index in [0.29, 0.717) is 6.42 Å². The quantitative estimate of drug-likeness (QED) is 0.864. The van der Waals surface area contributed by atoms with Crippen LogP contribution in [0.15, 0.2) is 23.1 Å². The molecule has 0 aliphatic carbocycles. The second-order valence-corrected chi connectivity index (χ2v) is 6.98. The minimum absolute atomic E-state index is 0.0755. The highest BCUT2D eigenvalue weighted by atomic mass is 35.5. The first-order valence-electron chi connectivity index (χ1n) is 5.88. The van der Waals surface area contributed by atoms with E-state index in [0.717, 1.165) is 4.31 Å². The molecule has 5 nitrogen and oxygen atoms in total. The Balaban J connectivity index is 3.28. The van der Waals surface area contributed by atoms with E-state index in [1.807, 2.05) is 0 Å². The van der Waals surface area contributed by atoms with Gasteiger partial charge in [-0.05, 0) is 31.5 Å². The number of benzene rings is 1. The minimum Gasteiger partial charge on any atom is -0.480 e. The Morgan fingerprint density at radius 1 is 1.35 bits per heavy atom. The summed E-state index contributed by atoms with van der Waals surface area (Å²) in [6.07, 6.45) is 0.494. The lowest BCUT2D eigenvalue weighted by Crippen LogP contribution is -2.41. The van der Waals surface area contributed by atoms with Crippen molar-refractivity contribution in [3.05, 3.63) is 28.2 Å². The van der Waals surface area contributed by atoms with Crippen molar-refractivity contribution >= 4 is 39.2 Å². The number of rotatable bonds is 6. The molecule has 1 aromatic carbocycles. The summed E-state index contributed by atoms with van der Waals surface area (Å²) in [4.78, 5) is 10.8. The molecule has 0 bridgehead atoms. The van der Waals surface area contributed by atoms with Gasteiger partial charge in [-0.15, -0.1) is 0 Å². The summed E-state index contributed by atoms with van der Waals surface area (Å²) in [6.45, 7) is 2.83. The predicted molar refractivity (Wildman–Crippen MR) is 77.7 cm³/mol. The van der Waals surface area contributed by atoms with Crippen LogP contribution in [0.5, 0.6) is 0 Å². The number of sulfonamides is 1. The van der Waals surface area contributed by atoms with E-state index in [1.165, 1.54) is 18.2 Å². The maximum atomic E-state index is 12.5. The van der Waals surface area contributed by atoms with E-state index in [9.17, 15) is 13.2 Å². The standard InChI is InChI=1S/C12H15Cl2NO4S/c1-3-8(2)15(7-12(16)17)20(18,19)9-4-5-10(13)11(14)6-9/h4-6,8H,3,7H2,1-2H3,(H,16,17). The van der Waals surface area contributed by atoms with Gasteiger partial charge in [0, 0.05) is 6.04 Å². The molecule has 0 spiro atoms. The summed E-state index contributed by atoms with van der Waals surface area (Å²) in [6, 6.07) is 3.45. The Hall–Kier alpha value is -0.820. The van der Waals surface area contributed by atoms with Gasteiger partial charge in [0.05, 0.1) is 14.9 Å². The molecule has 20 heavy (non-hydrogen) atoms. The second kappa shape index (κ2) is 6.76. The van der Waals surface area contributed by atoms with Crippen molar-refractivity contribution in [2.24, 2.45) is 0 Å². The van der Waals surface area contributed by atoms with Crippen LogP contribution in [0.1, 0.15) is 20.3 Å². The zero-order valence-electron chi connectivity index (χ0n) is 11.0. The Labute approximate surface area is 128 Å². The van der Waals surface area contributed by atoms with Crippen LogP contribution in [0.3, 0.4) is 0 Å². The maximum absolute atomic E-state index is 12.5. The van der Waals surface area contributed by atoms with E-state index in [2.05, 4.69) is 0 Å². The topological polar surface area (TPSA) is 74.7 Å². The average Bonchev–Trinajstić information content (AvgIpc) is 2.37. The molecule has 0 saturated carbocycles. The Kier molecular flexibility index (Phi) is 5.82. The molecule has 1 unspecified atom stereocenters. The van der Waals surface area contributed by atoms with Crippen LogP contribution < -0.4 is 0 Å². The fourth-order valence-electron chi connectivity index (χ4n) is 1.59. The second-order valence-electron chi connectivity index (χ2n) is 4.28. The normalized spacial score (nSPS) is 13.4. The lowest BCUT2D eigenvalue weighted by atomic mass is 10.2. The van der Waals surface area contributed by atoms with Gasteiger partial charge in [0.25, 0.3) is 0 Å². The van der Waals surface area contributed by atoms with Gasteiger partial charge in [-0.25, -0.2) is 8.42 Å². The molecule has 0 fully saturated rings. The fourth-order valence-corrected chi connectivity index (χ4v) is 3.63. The molecule has 0 heterocycles. The zero-order valence-corrected chi connectivity index (χ0v) is 13.3. The summed E-state index contributed by atoms with van der Waals surface area (Å²) < 4.78 is 25.9. The molecular weight excluding hydrogens is 325 g/mol. The van der Waals surface area contributed by atoms with Crippen molar-refractivity contribution in [1.82, 2.24) is 4.31 Å². The number of nitrogens with zero attached hydrogens (tertiary/aromatic N) is 1. The van der Waals surface area contributed by atoms with Crippen molar-refractivity contribution in [2.45, 2.75) is 31.2 Å². The molecule has 1 rings (SSSR count). The Morgan fingerprint density at radius 2 is 1.95 bits per heavy atom. The van der Waals surface area contributed by atoms with Gasteiger partial charge in [0.1, 0.15) is 6.54 Å². The van der Waals surface area contributed by atoms with Crippen molar-refractivity contribution in [3.63, 3.8) is 0 Å². The van der Waals surface area contributed by atoms with Crippen LogP contribution >= 0.6 is 23.2 Å². The molecule has 0 aromatic heterocycles. The first-order chi connectivity index (χ1) is 9.20. The van der Waals surface area contributed by atoms with Gasteiger partial charge < -0.3 is 5.11 Å². The van der Waals surface area contributed by atoms with Crippen LogP contribution in [0.4, 0.5) is 0 Å². The summed E-state index contributed by atoms with van der Waals surface area (Å²) >= 11 is 11.6. The van der Waals surface area contributed by atoms with Crippen LogP contribution in [0.25, 0.3) is 0 Å². The number of hydrogen-bond donors (Lipinski definition) is 1. The average molecular weight is 340 g/mol. The lowest BCUT2D eigenvalue weighted by Gasteiger charge is -2.26. The molecule has 0 aliphatic rings. The highest BCUT2D eigenvalue weighted by Gasteiger charge is 2.30. The van der Waals surface area contributed by atoms with E-state index >= 15 is 0 Å². The number of carbonyl (C=O) groups is 1. The zero-order chi connectivity index (χ0) is 15.5. The van der Waals surface area contributed by atoms with Crippen LogP contribution in [0.2, 0.25) is 10.0 Å². The van der Waals surface area contributed by atoms with Gasteiger partial charge in [0.2, 0.25) is 10.0 Å². The first-order valence-corrected chi connectivity index (χ1v) is 8.08. The smallest absolute Gasteiger partial charge is 0.318 e. The number of hydrogen-bond acceptors (Lipinski definition) is 3. The van der Waals surface area contributed by atoms with Crippen molar-refractivity contribution < 1.29 is 18.3 Å². The highest BCUT2D eigenvalue weighted by Crippen LogP contribution is 2.27. The molecule has 112 valence electrons. The molecule has 0 saturated heterocycles. The monoisotopic (exact) mass is 339 g/mol. The third-order valence-electron chi connectivity index (χ3n) is 2.87. The summed E-state index contributed by atoms with van der Waals surface area (Å²) in [5.41, 5.74) is 0. The largest absolute Gasteiger partial charge is 0.480 e. The molecular formula is C12H15Cl2NO4S. The number of aliphatic carboxylic acids is 1. The van der Waals surface area contributed by atoms with E-state index in [-0.39, 0.29) is 14.9 Å². The van der Waals surface area contributed by atoms with Crippen LogP contribution in [-0.4, -0.2) is 36.4 Å². The summed E-state index contributed by atoms with van der Waals surface area (Å²) in [5.74, 6) is -1.21. The lowest BCUT2D eigenvalue weighted by molar-refractivity contribution is -0.137. The van der Waals surface area contributed by atoms with Gasteiger partial charge in [-0.3, -0.25) is 4.79 Å². The molecule has 0 amide bonds. The third kappa shape index (κ3) is 3.85. The Bertz CT molecular complexity index is 603. The molecule has 1 atom stereocenters. The molecule has 8 heteroatoms. The van der Waals surface area contributed by atoms with E-state index in [1.54, 1.807) is 13.8 Å². The fraction of sp³-hybridized carbons (Fsp3) is 0.417. The van der Waals surface area contributed by atoms with Crippen LogP contribution in [-0.2, 0) is 14.8 Å². The van der Waals surface area contributed by atoms with Crippen molar-refractivity contribution in [3.8, 4) is 0 Å². The van der Waals surface area contributed by atoms with E-state index in [4.69, 9.17) is 28.3 Å². The number of halogens is 2. The van der Waals surface area contributed by atoms with Gasteiger partial charge in [-0.1, -0.05) is 30.1 Å². The number of carboxylic acids is 1. The van der Waals surface area contributed by atoms with Crippen LogP contribution in [0, 0.1) is 0 Å². The third-order valence-corrected chi connectivity index (χ3v) is 5.57. The van der Waals surface area contributed by atoms with Gasteiger partial charge in [0.15, 0.2) is 0 Å².